The zero-order chi connectivity index (χ0) is 7.28. The van der Waals surface area contributed by atoms with Gasteiger partial charge >= 0.3 is 5.97 Å². The molecule has 0 aromatic heterocycles. The Morgan fingerprint density at radius 1 is 1.78 bits per heavy atom. The minimum Gasteiger partial charge on any atom is -0.466 e. The normalized spacial score (nSPS) is 11.2. The molecule has 0 atom stereocenters. The molecule has 0 aromatic carbocycles. The molecule has 0 aliphatic heterocycles. The van der Waals surface area contributed by atoms with Crippen LogP contribution in [-0.4, -0.2) is 18.4 Å². The van der Waals surface area contributed by atoms with Crippen LogP contribution in [0.25, 0.3) is 0 Å². The molecule has 0 rings (SSSR count). The van der Waals surface area contributed by atoms with Gasteiger partial charge in [-0.25, -0.2) is 4.79 Å². The number of rotatable bonds is 2. The van der Waals surface area contributed by atoms with Gasteiger partial charge in [-0.1, -0.05) is 22.0 Å². The van der Waals surface area contributed by atoms with Gasteiger partial charge < -0.3 is 4.74 Å². The van der Waals surface area contributed by atoms with E-state index in [-0.39, 0.29) is 5.97 Å². The molecule has 52 valence electrons. The van der Waals surface area contributed by atoms with Crippen LogP contribution < -0.4 is 0 Å². The van der Waals surface area contributed by atoms with E-state index in [0.29, 0.717) is 10.9 Å². The summed E-state index contributed by atoms with van der Waals surface area (Å²) in [6.07, 6.45) is 1.72. The Morgan fingerprint density at radius 2 is 2.33 bits per heavy atom. The Bertz CT molecular complexity index is 129. The van der Waals surface area contributed by atoms with Gasteiger partial charge in [-0.05, 0) is 6.92 Å². The molecule has 0 bridgehead atoms. The average Bonchev–Trinajstić information content (AvgIpc) is 1.90. The summed E-state index contributed by atoms with van der Waals surface area (Å²) in [4.78, 5) is 10.7. The molecule has 0 heterocycles. The SMILES string of the molecule is CC=C(CBr)C(=O)OC. The molecule has 0 N–H and O–H groups in total. The summed E-state index contributed by atoms with van der Waals surface area (Å²) in [5.41, 5.74) is 0.650. The quantitative estimate of drug-likeness (QED) is 0.377. The second kappa shape index (κ2) is 4.56. The molecule has 0 spiro atoms. The van der Waals surface area contributed by atoms with E-state index in [1.165, 1.54) is 7.11 Å². The van der Waals surface area contributed by atoms with Crippen molar-refractivity contribution in [3.63, 3.8) is 0 Å². The predicted molar refractivity (Wildman–Crippen MR) is 39.6 cm³/mol. The number of halogens is 1. The summed E-state index contributed by atoms with van der Waals surface area (Å²) in [5.74, 6) is -0.269. The van der Waals surface area contributed by atoms with Crippen molar-refractivity contribution in [1.29, 1.82) is 0 Å². The van der Waals surface area contributed by atoms with Crippen LogP contribution in [0.1, 0.15) is 6.92 Å². The minimum absolute atomic E-state index is 0.269. The number of esters is 1. The Labute approximate surface area is 63.0 Å². The fraction of sp³-hybridized carbons (Fsp3) is 0.500. The fourth-order valence-corrected chi connectivity index (χ4v) is 0.933. The number of hydrogen-bond acceptors (Lipinski definition) is 2. The number of hydrogen-bond donors (Lipinski definition) is 0. The van der Waals surface area contributed by atoms with Crippen LogP contribution in [0.4, 0.5) is 0 Å². The van der Waals surface area contributed by atoms with Gasteiger partial charge in [0.1, 0.15) is 0 Å². The lowest BCUT2D eigenvalue weighted by molar-refractivity contribution is -0.135. The van der Waals surface area contributed by atoms with Gasteiger partial charge in [0, 0.05) is 10.9 Å². The number of carbonyl (C=O) groups is 1. The standard InChI is InChI=1S/C6H9BrO2/c1-3-5(4-7)6(8)9-2/h3H,4H2,1-2H3. The molecule has 9 heavy (non-hydrogen) atoms. The first-order valence-corrected chi connectivity index (χ1v) is 3.67. The minimum atomic E-state index is -0.269. The van der Waals surface area contributed by atoms with E-state index in [0.717, 1.165) is 0 Å². The Hall–Kier alpha value is -0.310. The Morgan fingerprint density at radius 3 is 2.44 bits per heavy atom. The molecule has 0 amide bonds. The zero-order valence-electron chi connectivity index (χ0n) is 5.48. The van der Waals surface area contributed by atoms with Gasteiger partial charge in [0.05, 0.1) is 7.11 Å². The van der Waals surface area contributed by atoms with E-state index >= 15 is 0 Å². The summed E-state index contributed by atoms with van der Waals surface area (Å²) >= 11 is 3.15. The number of carbonyl (C=O) groups excluding carboxylic acids is 1. The smallest absolute Gasteiger partial charge is 0.334 e. The van der Waals surface area contributed by atoms with E-state index in [4.69, 9.17) is 0 Å². The molecule has 0 aromatic rings. The van der Waals surface area contributed by atoms with E-state index in [9.17, 15) is 4.79 Å². The molecular weight excluding hydrogens is 184 g/mol. The van der Waals surface area contributed by atoms with Crippen molar-refractivity contribution in [3.8, 4) is 0 Å². The highest BCUT2D eigenvalue weighted by Gasteiger charge is 2.04. The van der Waals surface area contributed by atoms with Crippen LogP contribution in [0.15, 0.2) is 11.6 Å². The van der Waals surface area contributed by atoms with Gasteiger partial charge in [-0.3, -0.25) is 0 Å². The van der Waals surface area contributed by atoms with Gasteiger partial charge in [-0.15, -0.1) is 0 Å². The summed E-state index contributed by atoms with van der Waals surface area (Å²) in [6, 6.07) is 0. The molecule has 3 heteroatoms. The summed E-state index contributed by atoms with van der Waals surface area (Å²) in [6.45, 7) is 1.80. The summed E-state index contributed by atoms with van der Waals surface area (Å²) in [7, 11) is 1.37. The van der Waals surface area contributed by atoms with Crippen LogP contribution in [0.2, 0.25) is 0 Å². The lowest BCUT2D eigenvalue weighted by Crippen LogP contribution is -2.04. The molecule has 2 nitrogen and oxygen atoms in total. The van der Waals surface area contributed by atoms with Gasteiger partial charge in [0.25, 0.3) is 0 Å². The molecular formula is C6H9BrO2. The molecule has 0 aliphatic rings. The van der Waals surface area contributed by atoms with Crippen molar-refractivity contribution in [2.45, 2.75) is 6.92 Å². The highest BCUT2D eigenvalue weighted by molar-refractivity contribution is 9.09. The maximum Gasteiger partial charge on any atom is 0.334 e. The first kappa shape index (κ1) is 8.69. The monoisotopic (exact) mass is 192 g/mol. The summed E-state index contributed by atoms with van der Waals surface area (Å²) < 4.78 is 4.46. The largest absolute Gasteiger partial charge is 0.466 e. The molecule has 0 saturated carbocycles. The maximum atomic E-state index is 10.7. The van der Waals surface area contributed by atoms with Crippen molar-refractivity contribution in [2.24, 2.45) is 0 Å². The summed E-state index contributed by atoms with van der Waals surface area (Å²) in [5, 5.41) is 0.552. The number of alkyl halides is 1. The topological polar surface area (TPSA) is 26.3 Å². The second-order valence-corrected chi connectivity index (χ2v) is 2.00. The predicted octanol–water partition coefficient (Wildman–Crippen LogP) is 1.50. The fourth-order valence-electron chi connectivity index (χ4n) is 0.381. The first-order valence-electron chi connectivity index (χ1n) is 2.55. The third-order valence-electron chi connectivity index (χ3n) is 0.940. The Balaban J connectivity index is 3.97. The van der Waals surface area contributed by atoms with Gasteiger partial charge in [-0.2, -0.15) is 0 Å². The number of ether oxygens (including phenoxy) is 1. The highest BCUT2D eigenvalue weighted by Crippen LogP contribution is 2.00. The molecule has 0 unspecified atom stereocenters. The van der Waals surface area contributed by atoms with Crippen LogP contribution in [0, 0.1) is 0 Å². The van der Waals surface area contributed by atoms with E-state index in [1.807, 2.05) is 0 Å². The van der Waals surface area contributed by atoms with Crippen LogP contribution >= 0.6 is 15.9 Å². The van der Waals surface area contributed by atoms with Crippen LogP contribution in [-0.2, 0) is 9.53 Å². The lowest BCUT2D eigenvalue weighted by Gasteiger charge is -1.97. The number of allylic oxidation sites excluding steroid dienone is 1. The molecule has 0 radical (unpaired) electrons. The number of methoxy groups -OCH3 is 1. The van der Waals surface area contributed by atoms with Crippen LogP contribution in [0.5, 0.6) is 0 Å². The van der Waals surface area contributed by atoms with Crippen LogP contribution in [0.3, 0.4) is 0 Å². The first-order chi connectivity index (χ1) is 4.26. The lowest BCUT2D eigenvalue weighted by atomic mass is 10.3. The van der Waals surface area contributed by atoms with Crippen molar-refractivity contribution >= 4 is 21.9 Å². The van der Waals surface area contributed by atoms with E-state index < -0.39 is 0 Å². The molecule has 0 saturated heterocycles. The van der Waals surface area contributed by atoms with Crippen molar-refractivity contribution in [3.05, 3.63) is 11.6 Å². The highest BCUT2D eigenvalue weighted by atomic mass is 79.9. The van der Waals surface area contributed by atoms with Crippen molar-refractivity contribution < 1.29 is 9.53 Å². The van der Waals surface area contributed by atoms with E-state index in [2.05, 4.69) is 20.7 Å². The zero-order valence-corrected chi connectivity index (χ0v) is 7.06. The Kier molecular flexibility index (Phi) is 4.40. The molecule has 0 fully saturated rings. The molecule has 0 aliphatic carbocycles. The van der Waals surface area contributed by atoms with Gasteiger partial charge in [0.15, 0.2) is 0 Å². The maximum absolute atomic E-state index is 10.7. The third kappa shape index (κ3) is 2.65. The van der Waals surface area contributed by atoms with Crippen molar-refractivity contribution in [1.82, 2.24) is 0 Å². The van der Waals surface area contributed by atoms with Gasteiger partial charge in [0.2, 0.25) is 0 Å². The van der Waals surface area contributed by atoms with Crippen molar-refractivity contribution in [2.75, 3.05) is 12.4 Å². The second-order valence-electron chi connectivity index (χ2n) is 1.44. The average molecular weight is 193 g/mol. The third-order valence-corrected chi connectivity index (χ3v) is 1.54. The van der Waals surface area contributed by atoms with E-state index in [1.54, 1.807) is 13.0 Å².